The van der Waals surface area contributed by atoms with Crippen molar-refractivity contribution in [2.45, 2.75) is 13.0 Å². The van der Waals surface area contributed by atoms with E-state index in [0.29, 0.717) is 38.5 Å². The lowest BCUT2D eigenvalue weighted by atomic mass is 9.95. The minimum absolute atomic E-state index is 0.145. The van der Waals surface area contributed by atoms with Gasteiger partial charge in [-0.1, -0.05) is 11.6 Å². The van der Waals surface area contributed by atoms with Crippen LogP contribution in [0.15, 0.2) is 23.4 Å². The van der Waals surface area contributed by atoms with Crippen LogP contribution in [0.5, 0.6) is 11.5 Å². The number of carbonyl (C=O) groups is 1. The van der Waals surface area contributed by atoms with Crippen LogP contribution in [0.3, 0.4) is 0 Å². The van der Waals surface area contributed by atoms with Crippen LogP contribution in [0, 0.1) is 0 Å². The minimum atomic E-state index is -0.525. The summed E-state index contributed by atoms with van der Waals surface area (Å²) in [4.78, 5) is 12.1. The highest BCUT2D eigenvalue weighted by atomic mass is 35.5. The fourth-order valence-electron chi connectivity index (χ4n) is 2.46. The third-order valence-corrected chi connectivity index (χ3v) is 4.02. The Morgan fingerprint density at radius 3 is 2.77 bits per heavy atom. The van der Waals surface area contributed by atoms with Crippen LogP contribution in [0.25, 0.3) is 0 Å². The molecule has 0 aromatic heterocycles. The van der Waals surface area contributed by atoms with E-state index in [-0.39, 0.29) is 6.79 Å². The predicted octanol–water partition coefficient (Wildman–Crippen LogP) is 2.03. The molecule has 2 aliphatic rings. The third-order valence-electron chi connectivity index (χ3n) is 3.48. The Kier molecular flexibility index (Phi) is 3.84. The largest absolute Gasteiger partial charge is 0.466 e. The second-order valence-corrected chi connectivity index (χ2v) is 5.60. The first-order chi connectivity index (χ1) is 10.5. The topological polar surface area (TPSA) is 68.8 Å². The molecule has 2 N–H and O–H groups in total. The van der Waals surface area contributed by atoms with Crippen molar-refractivity contribution in [2.75, 3.05) is 13.9 Å². The van der Waals surface area contributed by atoms with Gasteiger partial charge in [0, 0.05) is 17.3 Å². The van der Waals surface area contributed by atoms with E-state index in [9.17, 15) is 4.79 Å². The quantitative estimate of drug-likeness (QED) is 0.630. The van der Waals surface area contributed by atoms with E-state index in [0.717, 1.165) is 0 Å². The first-order valence-corrected chi connectivity index (χ1v) is 7.25. The second kappa shape index (κ2) is 5.66. The molecule has 0 amide bonds. The summed E-state index contributed by atoms with van der Waals surface area (Å²) in [6.45, 7) is 1.90. The molecule has 0 aliphatic carbocycles. The summed E-state index contributed by atoms with van der Waals surface area (Å²) in [6, 6.07) is 2.88. The van der Waals surface area contributed by atoms with Crippen LogP contribution in [0.2, 0.25) is 5.02 Å². The molecule has 0 bridgehead atoms. The van der Waals surface area contributed by atoms with E-state index < -0.39 is 12.0 Å². The number of thiocarbonyl (C=S) groups is 1. The number of rotatable bonds is 2. The molecule has 0 unspecified atom stereocenters. The van der Waals surface area contributed by atoms with Crippen LogP contribution >= 0.6 is 23.8 Å². The number of methoxy groups -OCH3 is 1. The molecule has 116 valence electrons. The van der Waals surface area contributed by atoms with Crippen molar-refractivity contribution < 1.29 is 19.0 Å². The van der Waals surface area contributed by atoms with Gasteiger partial charge < -0.3 is 24.8 Å². The summed E-state index contributed by atoms with van der Waals surface area (Å²) < 4.78 is 15.5. The van der Waals surface area contributed by atoms with Gasteiger partial charge in [-0.15, -0.1) is 0 Å². The van der Waals surface area contributed by atoms with Crippen molar-refractivity contribution in [2.24, 2.45) is 0 Å². The maximum Gasteiger partial charge on any atom is 0.337 e. The average molecular weight is 341 g/mol. The number of nitrogens with one attached hydrogen (secondary N) is 2. The first kappa shape index (κ1) is 14.9. The maximum atomic E-state index is 12.1. The lowest BCUT2D eigenvalue weighted by Gasteiger charge is -2.30. The van der Waals surface area contributed by atoms with Crippen molar-refractivity contribution in [1.82, 2.24) is 10.6 Å². The highest BCUT2D eigenvalue weighted by Gasteiger charge is 2.33. The molecule has 0 saturated carbocycles. The summed E-state index contributed by atoms with van der Waals surface area (Å²) >= 11 is 11.5. The maximum absolute atomic E-state index is 12.1. The van der Waals surface area contributed by atoms with Gasteiger partial charge in [0.1, 0.15) is 0 Å². The van der Waals surface area contributed by atoms with Crippen LogP contribution in [-0.2, 0) is 9.53 Å². The zero-order valence-electron chi connectivity index (χ0n) is 11.9. The summed E-state index contributed by atoms with van der Waals surface area (Å²) in [7, 11) is 1.33. The number of hydrogen-bond acceptors (Lipinski definition) is 5. The number of halogens is 1. The smallest absolute Gasteiger partial charge is 0.337 e. The van der Waals surface area contributed by atoms with E-state index in [1.165, 1.54) is 7.11 Å². The Labute approximate surface area is 137 Å². The number of benzene rings is 1. The molecule has 8 heteroatoms. The Balaban J connectivity index is 2.10. The molecule has 2 heterocycles. The van der Waals surface area contributed by atoms with Crippen LogP contribution in [-0.4, -0.2) is 25.0 Å². The molecule has 0 radical (unpaired) electrons. The number of esters is 1. The Bertz CT molecular complexity index is 704. The third kappa shape index (κ3) is 2.46. The van der Waals surface area contributed by atoms with Gasteiger partial charge in [0.2, 0.25) is 6.79 Å². The van der Waals surface area contributed by atoms with Crippen molar-refractivity contribution in [3.8, 4) is 11.5 Å². The van der Waals surface area contributed by atoms with Crippen molar-refractivity contribution in [3.63, 3.8) is 0 Å². The molecular weight excluding hydrogens is 328 g/mol. The normalized spacial score (nSPS) is 19.6. The molecule has 6 nitrogen and oxygen atoms in total. The van der Waals surface area contributed by atoms with Gasteiger partial charge in [-0.3, -0.25) is 0 Å². The zero-order chi connectivity index (χ0) is 15.9. The molecule has 1 aromatic carbocycles. The van der Waals surface area contributed by atoms with Gasteiger partial charge in [-0.05, 0) is 25.2 Å². The SMILES string of the molecule is COC(=O)C1=C(C)NC(=S)N[C@@H]1c1cc2c(cc1Cl)OCO2. The molecule has 3 rings (SSSR count). The van der Waals surface area contributed by atoms with Crippen molar-refractivity contribution in [3.05, 3.63) is 34.0 Å². The van der Waals surface area contributed by atoms with E-state index in [1.807, 2.05) is 0 Å². The van der Waals surface area contributed by atoms with E-state index in [1.54, 1.807) is 19.1 Å². The Hall–Kier alpha value is -1.99. The highest BCUT2D eigenvalue weighted by molar-refractivity contribution is 7.80. The molecular formula is C14H13ClN2O4S. The number of hydrogen-bond donors (Lipinski definition) is 2. The van der Waals surface area contributed by atoms with E-state index in [2.05, 4.69) is 10.6 Å². The number of carbonyl (C=O) groups excluding carboxylic acids is 1. The van der Waals surface area contributed by atoms with Crippen molar-refractivity contribution >= 4 is 34.9 Å². The lowest BCUT2D eigenvalue weighted by molar-refractivity contribution is -0.136. The second-order valence-electron chi connectivity index (χ2n) is 4.79. The summed E-state index contributed by atoms with van der Waals surface area (Å²) in [6.07, 6.45) is 0. The van der Waals surface area contributed by atoms with E-state index >= 15 is 0 Å². The lowest BCUT2D eigenvalue weighted by Crippen LogP contribution is -2.45. The van der Waals surface area contributed by atoms with Crippen LogP contribution in [0.4, 0.5) is 0 Å². The Morgan fingerprint density at radius 1 is 1.41 bits per heavy atom. The molecule has 1 atom stereocenters. The summed E-state index contributed by atoms with van der Waals surface area (Å²) in [5.41, 5.74) is 1.70. The fraction of sp³-hybridized carbons (Fsp3) is 0.286. The van der Waals surface area contributed by atoms with Crippen LogP contribution in [0.1, 0.15) is 18.5 Å². The summed E-state index contributed by atoms with van der Waals surface area (Å²) in [5.74, 6) is 0.692. The fourth-order valence-corrected chi connectivity index (χ4v) is 3.00. The number of allylic oxidation sites excluding steroid dienone is 1. The average Bonchev–Trinajstić information content (AvgIpc) is 2.91. The molecule has 0 spiro atoms. The molecule has 2 aliphatic heterocycles. The zero-order valence-corrected chi connectivity index (χ0v) is 13.4. The molecule has 0 fully saturated rings. The monoisotopic (exact) mass is 340 g/mol. The van der Waals surface area contributed by atoms with Crippen LogP contribution < -0.4 is 20.1 Å². The minimum Gasteiger partial charge on any atom is -0.466 e. The van der Waals surface area contributed by atoms with Gasteiger partial charge in [0.15, 0.2) is 16.6 Å². The molecule has 0 saturated heterocycles. The molecule has 22 heavy (non-hydrogen) atoms. The number of ether oxygens (including phenoxy) is 3. The van der Waals surface area contributed by atoms with E-state index in [4.69, 9.17) is 38.0 Å². The van der Waals surface area contributed by atoms with Gasteiger partial charge in [-0.2, -0.15) is 0 Å². The predicted molar refractivity (Wildman–Crippen MR) is 83.9 cm³/mol. The standard InChI is InChI=1S/C14H13ClN2O4S/c1-6-11(13(18)19-2)12(17-14(22)16-6)7-3-9-10(4-8(7)15)21-5-20-9/h3-4,12H,5H2,1-2H3,(H2,16,17,22)/t12-/m1/s1. The van der Waals surface area contributed by atoms with Gasteiger partial charge in [0.05, 0.1) is 23.7 Å². The van der Waals surface area contributed by atoms with Crippen molar-refractivity contribution in [1.29, 1.82) is 0 Å². The highest BCUT2D eigenvalue weighted by Crippen LogP contribution is 2.41. The van der Waals surface area contributed by atoms with Gasteiger partial charge >= 0.3 is 5.97 Å². The Morgan fingerprint density at radius 2 is 2.09 bits per heavy atom. The van der Waals surface area contributed by atoms with Gasteiger partial charge in [-0.25, -0.2) is 4.79 Å². The van der Waals surface area contributed by atoms with Gasteiger partial charge in [0.25, 0.3) is 0 Å². The number of fused-ring (bicyclic) bond motifs is 1. The molecule has 1 aromatic rings. The first-order valence-electron chi connectivity index (χ1n) is 6.47. The summed E-state index contributed by atoms with van der Waals surface area (Å²) in [5, 5.41) is 6.81.